The van der Waals surface area contributed by atoms with Gasteiger partial charge in [-0.3, -0.25) is 0 Å². The van der Waals surface area contributed by atoms with Crippen molar-refractivity contribution in [2.24, 2.45) is 17.8 Å². The van der Waals surface area contributed by atoms with E-state index in [4.69, 9.17) is 0 Å². The van der Waals surface area contributed by atoms with E-state index >= 15 is 0 Å². The first-order valence-electron chi connectivity index (χ1n) is 8.17. The Labute approximate surface area is 114 Å². The van der Waals surface area contributed by atoms with Gasteiger partial charge in [0.1, 0.15) is 0 Å². The van der Waals surface area contributed by atoms with Crippen molar-refractivity contribution in [2.45, 2.75) is 52.4 Å². The van der Waals surface area contributed by atoms with Crippen LogP contribution in [0.2, 0.25) is 0 Å². The van der Waals surface area contributed by atoms with Gasteiger partial charge in [-0.05, 0) is 63.1 Å². The van der Waals surface area contributed by atoms with E-state index in [0.29, 0.717) is 0 Å². The second-order valence-corrected chi connectivity index (χ2v) is 6.97. The van der Waals surface area contributed by atoms with Crippen LogP contribution in [0.4, 0.5) is 0 Å². The zero-order valence-electron chi connectivity index (χ0n) is 12.5. The first-order valence-corrected chi connectivity index (χ1v) is 8.17. The quantitative estimate of drug-likeness (QED) is 0.781. The molecule has 1 aliphatic heterocycles. The van der Waals surface area contributed by atoms with Crippen LogP contribution in [0, 0.1) is 17.8 Å². The van der Waals surface area contributed by atoms with Gasteiger partial charge >= 0.3 is 0 Å². The molecule has 1 saturated carbocycles. The molecule has 1 saturated heterocycles. The molecule has 1 atom stereocenters. The summed E-state index contributed by atoms with van der Waals surface area (Å²) in [7, 11) is 0. The van der Waals surface area contributed by atoms with Crippen molar-refractivity contribution in [1.82, 2.24) is 10.2 Å². The van der Waals surface area contributed by atoms with E-state index < -0.39 is 0 Å². The topological polar surface area (TPSA) is 15.3 Å². The number of hydrogen-bond donors (Lipinski definition) is 1. The van der Waals surface area contributed by atoms with E-state index in [1.54, 1.807) is 0 Å². The Balaban J connectivity index is 1.64. The second kappa shape index (κ2) is 7.49. The summed E-state index contributed by atoms with van der Waals surface area (Å²) in [6.07, 6.45) is 8.81. The Morgan fingerprint density at radius 3 is 2.50 bits per heavy atom. The van der Waals surface area contributed by atoms with Crippen molar-refractivity contribution in [3.05, 3.63) is 0 Å². The highest BCUT2D eigenvalue weighted by molar-refractivity contribution is 4.78. The fourth-order valence-corrected chi connectivity index (χ4v) is 3.62. The van der Waals surface area contributed by atoms with Gasteiger partial charge in [0.2, 0.25) is 0 Å². The summed E-state index contributed by atoms with van der Waals surface area (Å²) in [5.41, 5.74) is 0. The fourth-order valence-electron chi connectivity index (χ4n) is 3.62. The van der Waals surface area contributed by atoms with Gasteiger partial charge in [0.05, 0.1) is 0 Å². The predicted molar refractivity (Wildman–Crippen MR) is 78.8 cm³/mol. The molecular weight excluding hydrogens is 220 g/mol. The maximum absolute atomic E-state index is 3.64. The first-order chi connectivity index (χ1) is 8.74. The fraction of sp³-hybridized carbons (Fsp3) is 1.00. The molecule has 2 rings (SSSR count). The number of hydrogen-bond acceptors (Lipinski definition) is 2. The van der Waals surface area contributed by atoms with Crippen molar-refractivity contribution < 1.29 is 0 Å². The molecule has 2 fully saturated rings. The van der Waals surface area contributed by atoms with Crippen molar-refractivity contribution in [3.63, 3.8) is 0 Å². The summed E-state index contributed by atoms with van der Waals surface area (Å²) in [5, 5.41) is 3.64. The van der Waals surface area contributed by atoms with E-state index in [0.717, 1.165) is 17.8 Å². The summed E-state index contributed by atoms with van der Waals surface area (Å²) in [6, 6.07) is 0. The maximum atomic E-state index is 3.64. The van der Waals surface area contributed by atoms with Gasteiger partial charge in [0.15, 0.2) is 0 Å². The molecule has 0 spiro atoms. The van der Waals surface area contributed by atoms with E-state index in [-0.39, 0.29) is 0 Å². The highest BCUT2D eigenvalue weighted by Gasteiger charge is 2.23. The maximum Gasteiger partial charge on any atom is 0.00219 e. The molecule has 0 bridgehead atoms. The van der Waals surface area contributed by atoms with Crippen molar-refractivity contribution in [1.29, 1.82) is 0 Å². The summed E-state index contributed by atoms with van der Waals surface area (Å²) in [5.74, 6) is 2.70. The molecular formula is C16H32N2. The largest absolute Gasteiger partial charge is 0.316 e. The predicted octanol–water partition coefficient (Wildman–Crippen LogP) is 3.13. The molecule has 2 nitrogen and oxygen atoms in total. The minimum absolute atomic E-state index is 0.781. The van der Waals surface area contributed by atoms with E-state index in [2.05, 4.69) is 24.1 Å². The lowest BCUT2D eigenvalue weighted by Gasteiger charge is -2.34. The third kappa shape index (κ3) is 4.89. The molecule has 0 amide bonds. The van der Waals surface area contributed by atoms with Crippen molar-refractivity contribution in [3.8, 4) is 0 Å². The number of nitrogens with one attached hydrogen (secondary N) is 1. The molecule has 1 unspecified atom stereocenters. The highest BCUT2D eigenvalue weighted by Crippen LogP contribution is 2.27. The molecule has 0 aromatic rings. The van der Waals surface area contributed by atoms with Gasteiger partial charge in [-0.15, -0.1) is 0 Å². The minimum atomic E-state index is 0.781. The summed E-state index contributed by atoms with van der Waals surface area (Å²) in [6.45, 7) is 11.1. The van der Waals surface area contributed by atoms with Gasteiger partial charge in [0.25, 0.3) is 0 Å². The highest BCUT2D eigenvalue weighted by atomic mass is 15.1. The lowest BCUT2D eigenvalue weighted by atomic mass is 9.96. The van der Waals surface area contributed by atoms with Crippen LogP contribution in [0.1, 0.15) is 52.4 Å². The third-order valence-corrected chi connectivity index (χ3v) is 4.58. The van der Waals surface area contributed by atoms with Crippen LogP contribution in [0.25, 0.3) is 0 Å². The van der Waals surface area contributed by atoms with Crippen LogP contribution < -0.4 is 5.32 Å². The SMILES string of the molecule is CC(C)CNCC1CCCN(CC2CCCC2)C1. The molecule has 18 heavy (non-hydrogen) atoms. The number of nitrogens with zero attached hydrogens (tertiary/aromatic N) is 1. The average molecular weight is 252 g/mol. The number of likely N-dealkylation sites (tertiary alicyclic amines) is 1. The van der Waals surface area contributed by atoms with Gasteiger partial charge in [-0.2, -0.15) is 0 Å². The number of rotatable bonds is 6. The number of piperidine rings is 1. The van der Waals surface area contributed by atoms with Gasteiger partial charge in [-0.25, -0.2) is 0 Å². The first kappa shape index (κ1) is 14.3. The molecule has 1 heterocycles. The zero-order valence-corrected chi connectivity index (χ0v) is 12.5. The Bertz CT molecular complexity index is 221. The smallest absolute Gasteiger partial charge is 0.00219 e. The lowest BCUT2D eigenvalue weighted by Crippen LogP contribution is -2.41. The standard InChI is InChI=1S/C16H32N2/c1-14(2)10-17-11-16-8-5-9-18(13-16)12-15-6-3-4-7-15/h14-17H,3-13H2,1-2H3. The van der Waals surface area contributed by atoms with E-state index in [9.17, 15) is 0 Å². The molecule has 0 radical (unpaired) electrons. The molecule has 106 valence electrons. The summed E-state index contributed by atoms with van der Waals surface area (Å²) >= 11 is 0. The van der Waals surface area contributed by atoms with Gasteiger partial charge < -0.3 is 10.2 Å². The molecule has 1 aliphatic carbocycles. The third-order valence-electron chi connectivity index (χ3n) is 4.58. The van der Waals surface area contributed by atoms with E-state index in [1.807, 2.05) is 0 Å². The van der Waals surface area contributed by atoms with Crippen molar-refractivity contribution in [2.75, 3.05) is 32.7 Å². The van der Waals surface area contributed by atoms with Crippen molar-refractivity contribution >= 4 is 0 Å². The Morgan fingerprint density at radius 1 is 1.06 bits per heavy atom. The minimum Gasteiger partial charge on any atom is -0.316 e. The Kier molecular flexibility index (Phi) is 5.97. The molecule has 2 heteroatoms. The van der Waals surface area contributed by atoms with Gasteiger partial charge in [-0.1, -0.05) is 26.7 Å². The average Bonchev–Trinajstić information content (AvgIpc) is 2.82. The Morgan fingerprint density at radius 2 is 1.78 bits per heavy atom. The van der Waals surface area contributed by atoms with Crippen LogP contribution in [-0.4, -0.2) is 37.6 Å². The monoisotopic (exact) mass is 252 g/mol. The summed E-state index contributed by atoms with van der Waals surface area (Å²) < 4.78 is 0. The second-order valence-electron chi connectivity index (χ2n) is 6.97. The molecule has 0 aromatic carbocycles. The Hall–Kier alpha value is -0.0800. The summed E-state index contributed by atoms with van der Waals surface area (Å²) in [4.78, 5) is 2.75. The van der Waals surface area contributed by atoms with Crippen LogP contribution in [0.15, 0.2) is 0 Å². The lowest BCUT2D eigenvalue weighted by molar-refractivity contribution is 0.150. The van der Waals surface area contributed by atoms with Crippen LogP contribution >= 0.6 is 0 Å². The normalized spacial score (nSPS) is 27.2. The zero-order chi connectivity index (χ0) is 12.8. The van der Waals surface area contributed by atoms with Crippen LogP contribution in [0.5, 0.6) is 0 Å². The molecule has 0 aromatic heterocycles. The van der Waals surface area contributed by atoms with E-state index in [1.165, 1.54) is 71.2 Å². The molecule has 2 aliphatic rings. The van der Waals surface area contributed by atoms with Crippen LogP contribution in [-0.2, 0) is 0 Å². The van der Waals surface area contributed by atoms with Gasteiger partial charge in [0, 0.05) is 13.1 Å². The van der Waals surface area contributed by atoms with Crippen LogP contribution in [0.3, 0.4) is 0 Å². The molecule has 1 N–H and O–H groups in total.